The number of hydrogen-bond donors (Lipinski definition) is 0. The molecule has 0 fully saturated rings. The van der Waals surface area contributed by atoms with Gasteiger partial charge < -0.3 is 9.64 Å². The Labute approximate surface area is 220 Å². The van der Waals surface area contributed by atoms with Crippen LogP contribution in [0.5, 0.6) is 5.75 Å². The summed E-state index contributed by atoms with van der Waals surface area (Å²) in [5.74, 6) is -0.695. The van der Waals surface area contributed by atoms with E-state index in [-0.39, 0.29) is 29.7 Å². The number of carbonyl (C=O) groups excluding carboxylic acids is 1. The van der Waals surface area contributed by atoms with Crippen LogP contribution in [-0.4, -0.2) is 49.3 Å². The number of thiophene rings is 1. The van der Waals surface area contributed by atoms with Crippen molar-refractivity contribution in [2.75, 3.05) is 19.7 Å². The summed E-state index contributed by atoms with van der Waals surface area (Å²) in [6.07, 6.45) is 1.21. The van der Waals surface area contributed by atoms with Crippen LogP contribution in [0.15, 0.2) is 64.9 Å². The summed E-state index contributed by atoms with van der Waals surface area (Å²) < 4.78 is 48.2. The van der Waals surface area contributed by atoms with Gasteiger partial charge in [0.2, 0.25) is 15.9 Å². The first-order chi connectivity index (χ1) is 17.2. The van der Waals surface area contributed by atoms with Crippen molar-refractivity contribution >= 4 is 38.9 Å². The summed E-state index contributed by atoms with van der Waals surface area (Å²) in [6.45, 7) is 3.84. The molecule has 0 radical (unpaired) electrons. The smallest absolute Gasteiger partial charge is 0.243 e. The molecule has 0 bridgehead atoms. The molecule has 36 heavy (non-hydrogen) atoms. The van der Waals surface area contributed by atoms with Crippen molar-refractivity contribution in [3.63, 3.8) is 0 Å². The molecule has 4 rings (SSSR count). The number of ether oxygens (including phenoxy) is 1. The second-order valence-electron chi connectivity index (χ2n) is 8.65. The van der Waals surface area contributed by atoms with Crippen molar-refractivity contribution in [1.29, 1.82) is 0 Å². The molecule has 6 nitrogen and oxygen atoms in total. The minimum atomic E-state index is -3.94. The number of benzene rings is 2. The predicted molar refractivity (Wildman–Crippen MR) is 139 cm³/mol. The first-order valence-electron chi connectivity index (χ1n) is 11.7. The molecular weight excluding hydrogens is 523 g/mol. The number of rotatable bonds is 9. The van der Waals surface area contributed by atoms with Crippen LogP contribution in [0.1, 0.15) is 36.8 Å². The predicted octanol–water partition coefficient (Wildman–Crippen LogP) is 5.53. The summed E-state index contributed by atoms with van der Waals surface area (Å²) >= 11 is 7.55. The Bertz CT molecular complexity index is 1310. The standard InChI is InChI=1S/C26H28ClFN2O4S2/c1-3-18(2)30(36(32,33)20-10-8-19(27)9-11-20)16-26(31)29-14-12-25-21(13-15-35-25)23(29)17-34-24-7-5-4-6-22(24)28/h4-11,13,15,18,23H,3,12,14,16-17H2,1-2H3/t18-,23+/m1/s1. The van der Waals surface area contributed by atoms with Gasteiger partial charge in [0.1, 0.15) is 6.61 Å². The highest BCUT2D eigenvalue weighted by Crippen LogP contribution is 2.34. The van der Waals surface area contributed by atoms with Gasteiger partial charge in [0.05, 0.1) is 17.5 Å². The third-order valence-corrected chi connectivity index (χ3v) is 9.67. The summed E-state index contributed by atoms with van der Waals surface area (Å²) in [7, 11) is -3.94. The topological polar surface area (TPSA) is 66.9 Å². The van der Waals surface area contributed by atoms with Gasteiger partial charge in [-0.15, -0.1) is 11.3 Å². The molecular formula is C26H28ClFN2O4S2. The van der Waals surface area contributed by atoms with E-state index in [4.69, 9.17) is 16.3 Å². The van der Waals surface area contributed by atoms with Crippen LogP contribution < -0.4 is 4.74 Å². The molecule has 192 valence electrons. The number of halogens is 2. The van der Waals surface area contributed by atoms with E-state index in [1.54, 1.807) is 41.4 Å². The zero-order valence-corrected chi connectivity index (χ0v) is 22.5. The molecule has 1 aliphatic heterocycles. The van der Waals surface area contributed by atoms with E-state index in [2.05, 4.69) is 0 Å². The van der Waals surface area contributed by atoms with Crippen LogP contribution in [-0.2, 0) is 21.2 Å². The zero-order chi connectivity index (χ0) is 25.9. The highest BCUT2D eigenvalue weighted by molar-refractivity contribution is 7.89. The van der Waals surface area contributed by atoms with E-state index in [1.807, 2.05) is 18.4 Å². The average Bonchev–Trinajstić information content (AvgIpc) is 3.35. The Morgan fingerprint density at radius 3 is 2.64 bits per heavy atom. The lowest BCUT2D eigenvalue weighted by Gasteiger charge is -2.37. The SMILES string of the molecule is CC[C@@H](C)N(CC(=O)N1CCc2sccc2[C@@H]1COc1ccccc1F)S(=O)(=O)c1ccc(Cl)cc1. The monoisotopic (exact) mass is 550 g/mol. The van der Waals surface area contributed by atoms with Gasteiger partial charge >= 0.3 is 0 Å². The molecule has 0 unspecified atom stereocenters. The summed E-state index contributed by atoms with van der Waals surface area (Å²) in [5, 5.41) is 2.39. The number of carbonyl (C=O) groups is 1. The van der Waals surface area contributed by atoms with E-state index < -0.39 is 27.9 Å². The first-order valence-corrected chi connectivity index (χ1v) is 14.4. The second kappa shape index (κ2) is 11.3. The summed E-state index contributed by atoms with van der Waals surface area (Å²) in [5.41, 5.74) is 0.951. The fraction of sp³-hybridized carbons (Fsp3) is 0.346. The Kier molecular flexibility index (Phi) is 8.34. The van der Waals surface area contributed by atoms with Crippen molar-refractivity contribution in [2.24, 2.45) is 0 Å². The molecule has 2 atom stereocenters. The Morgan fingerprint density at radius 2 is 1.94 bits per heavy atom. The van der Waals surface area contributed by atoms with Crippen molar-refractivity contribution in [3.8, 4) is 5.75 Å². The molecule has 10 heteroatoms. The number of para-hydroxylation sites is 1. The molecule has 0 spiro atoms. The number of hydrogen-bond acceptors (Lipinski definition) is 5. The minimum absolute atomic E-state index is 0.0592. The molecule has 1 amide bonds. The van der Waals surface area contributed by atoms with Gasteiger partial charge in [-0.1, -0.05) is 30.7 Å². The fourth-order valence-corrected chi connectivity index (χ4v) is 6.96. The van der Waals surface area contributed by atoms with Crippen molar-refractivity contribution in [2.45, 2.75) is 43.7 Å². The Morgan fingerprint density at radius 1 is 1.22 bits per heavy atom. The lowest BCUT2D eigenvalue weighted by molar-refractivity contribution is -0.135. The third kappa shape index (κ3) is 5.59. The number of amides is 1. The molecule has 0 aliphatic carbocycles. The van der Waals surface area contributed by atoms with Crippen LogP contribution in [0, 0.1) is 5.82 Å². The van der Waals surface area contributed by atoms with E-state index in [0.717, 1.165) is 10.4 Å². The van der Waals surface area contributed by atoms with E-state index in [1.165, 1.54) is 34.6 Å². The molecule has 0 saturated heterocycles. The Hall–Kier alpha value is -2.46. The maximum atomic E-state index is 14.2. The van der Waals surface area contributed by atoms with Gasteiger partial charge in [-0.05, 0) is 73.2 Å². The largest absolute Gasteiger partial charge is 0.488 e. The third-order valence-electron chi connectivity index (χ3n) is 6.44. The maximum Gasteiger partial charge on any atom is 0.243 e. The van der Waals surface area contributed by atoms with Crippen molar-refractivity contribution in [1.82, 2.24) is 9.21 Å². The van der Waals surface area contributed by atoms with Crippen LogP contribution in [0.2, 0.25) is 5.02 Å². The maximum absolute atomic E-state index is 14.2. The first kappa shape index (κ1) is 26.6. The minimum Gasteiger partial charge on any atom is -0.488 e. The average molecular weight is 551 g/mol. The Balaban J connectivity index is 1.59. The molecule has 0 N–H and O–H groups in total. The summed E-state index contributed by atoms with van der Waals surface area (Å²) in [6, 6.07) is 13.2. The van der Waals surface area contributed by atoms with E-state index >= 15 is 0 Å². The van der Waals surface area contributed by atoms with Gasteiger partial charge in [0, 0.05) is 22.5 Å². The number of fused-ring (bicyclic) bond motifs is 1. The fourth-order valence-electron chi connectivity index (χ4n) is 4.25. The molecule has 2 aromatic carbocycles. The van der Waals surface area contributed by atoms with Crippen LogP contribution >= 0.6 is 22.9 Å². The molecule has 1 aliphatic rings. The van der Waals surface area contributed by atoms with Gasteiger partial charge in [-0.2, -0.15) is 4.31 Å². The van der Waals surface area contributed by atoms with Gasteiger partial charge in [-0.3, -0.25) is 4.79 Å². The quantitative estimate of drug-likeness (QED) is 0.351. The highest BCUT2D eigenvalue weighted by Gasteiger charge is 2.36. The normalized spacial score (nSPS) is 16.6. The molecule has 0 saturated carbocycles. The van der Waals surface area contributed by atoms with Gasteiger partial charge in [-0.25, -0.2) is 12.8 Å². The molecule has 1 aromatic heterocycles. The molecule has 2 heterocycles. The van der Waals surface area contributed by atoms with Crippen molar-refractivity contribution in [3.05, 3.63) is 81.3 Å². The summed E-state index contributed by atoms with van der Waals surface area (Å²) in [4.78, 5) is 16.5. The van der Waals surface area contributed by atoms with Gasteiger partial charge in [0.15, 0.2) is 11.6 Å². The van der Waals surface area contributed by atoms with Crippen LogP contribution in [0.4, 0.5) is 4.39 Å². The lowest BCUT2D eigenvalue weighted by atomic mass is 10.0. The lowest BCUT2D eigenvalue weighted by Crippen LogP contribution is -2.49. The highest BCUT2D eigenvalue weighted by atomic mass is 35.5. The van der Waals surface area contributed by atoms with Crippen LogP contribution in [0.25, 0.3) is 0 Å². The number of sulfonamides is 1. The van der Waals surface area contributed by atoms with Gasteiger partial charge in [0.25, 0.3) is 0 Å². The molecule has 3 aromatic rings. The zero-order valence-electron chi connectivity index (χ0n) is 20.1. The van der Waals surface area contributed by atoms with E-state index in [9.17, 15) is 17.6 Å². The van der Waals surface area contributed by atoms with E-state index in [0.29, 0.717) is 24.4 Å². The second-order valence-corrected chi connectivity index (χ2v) is 12.0. The van der Waals surface area contributed by atoms with Crippen molar-refractivity contribution < 1.29 is 22.3 Å². The van der Waals surface area contributed by atoms with Crippen LogP contribution in [0.3, 0.4) is 0 Å². The number of nitrogens with zero attached hydrogens (tertiary/aromatic N) is 2.